The lowest BCUT2D eigenvalue weighted by atomic mass is 9.95. The number of rotatable bonds is 4. The second-order valence-corrected chi connectivity index (χ2v) is 7.00. The number of hydrogen-bond acceptors (Lipinski definition) is 5. The molecule has 0 saturated carbocycles. The Kier molecular flexibility index (Phi) is 5.49. The van der Waals surface area contributed by atoms with Crippen LogP contribution in [0.4, 0.5) is 30.4 Å². The van der Waals surface area contributed by atoms with E-state index in [4.69, 9.17) is 0 Å². The van der Waals surface area contributed by atoms with Crippen LogP contribution in [0.15, 0.2) is 24.3 Å². The number of halogens is 3. The smallest absolute Gasteiger partial charge is 0.366 e. The number of nitrogens with zero attached hydrogens (tertiary/aromatic N) is 4. The molecule has 0 radical (unpaired) electrons. The Balaban J connectivity index is 1.69. The molecule has 1 aliphatic heterocycles. The van der Waals surface area contributed by atoms with Gasteiger partial charge in [-0.1, -0.05) is 0 Å². The Bertz CT molecular complexity index is 933. The van der Waals surface area contributed by atoms with E-state index in [-0.39, 0.29) is 17.5 Å². The van der Waals surface area contributed by atoms with Crippen LogP contribution in [0.1, 0.15) is 24.1 Å². The van der Waals surface area contributed by atoms with E-state index in [1.165, 1.54) is 0 Å². The van der Waals surface area contributed by atoms with Crippen molar-refractivity contribution < 1.29 is 22.9 Å². The molecular weight excluding hydrogens is 391 g/mol. The first-order valence-corrected chi connectivity index (χ1v) is 8.98. The molecule has 2 heterocycles. The number of carbonyl (C=O) groups is 1. The van der Waals surface area contributed by atoms with Gasteiger partial charge in [0.2, 0.25) is 5.91 Å². The number of nitro groups is 1. The summed E-state index contributed by atoms with van der Waals surface area (Å²) >= 11 is 0. The van der Waals surface area contributed by atoms with Crippen LogP contribution in [-0.2, 0) is 18.0 Å². The second-order valence-electron chi connectivity index (χ2n) is 7.00. The van der Waals surface area contributed by atoms with Crippen LogP contribution >= 0.6 is 0 Å². The predicted molar refractivity (Wildman–Crippen MR) is 99.6 cm³/mol. The fourth-order valence-corrected chi connectivity index (χ4v) is 3.45. The molecule has 1 aliphatic rings. The van der Waals surface area contributed by atoms with E-state index in [2.05, 4.69) is 10.4 Å². The molecule has 1 N–H and O–H groups in total. The topological polar surface area (TPSA) is 93.3 Å². The second kappa shape index (κ2) is 7.72. The van der Waals surface area contributed by atoms with Gasteiger partial charge in [-0.15, -0.1) is 0 Å². The Morgan fingerprint density at radius 2 is 1.93 bits per heavy atom. The Hall–Kier alpha value is -3.11. The number of aromatic nitrogens is 2. The van der Waals surface area contributed by atoms with E-state index in [9.17, 15) is 28.1 Å². The van der Waals surface area contributed by atoms with E-state index < -0.39 is 22.4 Å². The lowest BCUT2D eigenvalue weighted by molar-refractivity contribution is -0.384. The fourth-order valence-electron chi connectivity index (χ4n) is 3.45. The Morgan fingerprint density at radius 3 is 2.45 bits per heavy atom. The lowest BCUT2D eigenvalue weighted by Gasteiger charge is -2.32. The molecule has 29 heavy (non-hydrogen) atoms. The van der Waals surface area contributed by atoms with E-state index in [1.807, 2.05) is 6.92 Å². The molecular formula is C18H20F3N5O3. The zero-order valence-corrected chi connectivity index (χ0v) is 15.9. The predicted octanol–water partition coefficient (Wildman–Crippen LogP) is 3.51. The molecule has 11 heteroatoms. The maximum Gasteiger partial charge on any atom is 0.416 e. The standard InChI is InChI=1S/C18H20F3N5O3/c1-11-9-16(24(2)23-11)22-17(27)12-5-7-25(8-6-12)14-4-3-13(18(19,20)21)10-15(14)26(28)29/h3-4,9-10,12H,5-8H2,1-2H3,(H,22,27). The molecule has 8 nitrogen and oxygen atoms in total. The highest BCUT2D eigenvalue weighted by Gasteiger charge is 2.35. The number of piperidine rings is 1. The van der Waals surface area contributed by atoms with Gasteiger partial charge < -0.3 is 10.2 Å². The number of alkyl halides is 3. The highest BCUT2D eigenvalue weighted by Crippen LogP contribution is 2.37. The van der Waals surface area contributed by atoms with Crippen LogP contribution in [0.5, 0.6) is 0 Å². The molecule has 0 atom stereocenters. The average Bonchev–Trinajstić information content (AvgIpc) is 2.97. The minimum absolute atomic E-state index is 0.129. The summed E-state index contributed by atoms with van der Waals surface area (Å²) in [5.41, 5.74) is -0.752. The summed E-state index contributed by atoms with van der Waals surface area (Å²) in [7, 11) is 1.72. The first kappa shape index (κ1) is 20.6. The summed E-state index contributed by atoms with van der Waals surface area (Å²) in [5, 5.41) is 18.3. The number of nitrogens with one attached hydrogen (secondary N) is 1. The normalized spacial score (nSPS) is 15.4. The summed E-state index contributed by atoms with van der Waals surface area (Å²) in [4.78, 5) is 24.6. The third-order valence-corrected chi connectivity index (χ3v) is 4.96. The number of hydrogen-bond donors (Lipinski definition) is 1. The maximum absolute atomic E-state index is 12.9. The molecule has 1 aromatic heterocycles. The summed E-state index contributed by atoms with van der Waals surface area (Å²) in [6.45, 7) is 2.47. The summed E-state index contributed by atoms with van der Waals surface area (Å²) in [6, 6.07) is 4.27. The first-order chi connectivity index (χ1) is 13.6. The van der Waals surface area contributed by atoms with Crippen molar-refractivity contribution in [2.24, 2.45) is 13.0 Å². The molecule has 1 aromatic carbocycles. The molecule has 2 aromatic rings. The zero-order valence-electron chi connectivity index (χ0n) is 15.9. The van der Waals surface area contributed by atoms with Gasteiger partial charge in [0.1, 0.15) is 11.5 Å². The highest BCUT2D eigenvalue weighted by molar-refractivity contribution is 5.92. The molecule has 0 bridgehead atoms. The summed E-state index contributed by atoms with van der Waals surface area (Å²) in [5.74, 6) is 0.109. The van der Waals surface area contributed by atoms with Gasteiger partial charge in [0.15, 0.2) is 0 Å². The minimum atomic E-state index is -4.65. The van der Waals surface area contributed by atoms with Crippen molar-refractivity contribution in [2.45, 2.75) is 25.9 Å². The van der Waals surface area contributed by atoms with E-state index in [0.717, 1.165) is 17.8 Å². The van der Waals surface area contributed by atoms with Crippen molar-refractivity contribution in [3.05, 3.63) is 45.6 Å². The zero-order chi connectivity index (χ0) is 21.3. The Labute approximate surface area is 164 Å². The van der Waals surface area contributed by atoms with Gasteiger partial charge >= 0.3 is 6.18 Å². The maximum atomic E-state index is 12.9. The fraction of sp³-hybridized carbons (Fsp3) is 0.444. The van der Waals surface area contributed by atoms with Crippen LogP contribution in [0.2, 0.25) is 0 Å². The third kappa shape index (κ3) is 4.49. The molecule has 3 rings (SSSR count). The van der Waals surface area contributed by atoms with Gasteiger partial charge in [-0.3, -0.25) is 19.6 Å². The van der Waals surface area contributed by atoms with Crippen molar-refractivity contribution >= 4 is 23.1 Å². The van der Waals surface area contributed by atoms with Crippen molar-refractivity contribution in [3.8, 4) is 0 Å². The number of benzene rings is 1. The van der Waals surface area contributed by atoms with Crippen LogP contribution in [0, 0.1) is 23.0 Å². The molecule has 0 spiro atoms. The van der Waals surface area contributed by atoms with E-state index >= 15 is 0 Å². The number of aryl methyl sites for hydroxylation is 2. The van der Waals surface area contributed by atoms with Gasteiger partial charge in [0.05, 0.1) is 16.2 Å². The minimum Gasteiger partial charge on any atom is -0.366 e. The third-order valence-electron chi connectivity index (χ3n) is 4.96. The number of amides is 1. The van der Waals surface area contributed by atoms with E-state index in [0.29, 0.717) is 37.8 Å². The quantitative estimate of drug-likeness (QED) is 0.614. The summed E-state index contributed by atoms with van der Waals surface area (Å²) < 4.78 is 40.2. The van der Waals surface area contributed by atoms with Crippen molar-refractivity contribution in [1.82, 2.24) is 9.78 Å². The van der Waals surface area contributed by atoms with Crippen molar-refractivity contribution in [3.63, 3.8) is 0 Å². The van der Waals surface area contributed by atoms with Crippen molar-refractivity contribution in [1.29, 1.82) is 0 Å². The summed E-state index contributed by atoms with van der Waals surface area (Å²) in [6.07, 6.45) is -3.79. The molecule has 0 unspecified atom stereocenters. The van der Waals surface area contributed by atoms with Gasteiger partial charge in [-0.2, -0.15) is 18.3 Å². The largest absolute Gasteiger partial charge is 0.416 e. The molecule has 0 aliphatic carbocycles. The van der Waals surface area contributed by atoms with Crippen LogP contribution in [0.3, 0.4) is 0 Å². The monoisotopic (exact) mass is 411 g/mol. The molecule has 1 amide bonds. The number of carbonyl (C=O) groups excluding carboxylic acids is 1. The average molecular weight is 411 g/mol. The van der Waals surface area contributed by atoms with Gasteiger partial charge in [-0.05, 0) is 31.9 Å². The van der Waals surface area contributed by atoms with E-state index in [1.54, 1.807) is 22.7 Å². The molecule has 1 saturated heterocycles. The lowest BCUT2D eigenvalue weighted by Crippen LogP contribution is -2.38. The van der Waals surface area contributed by atoms with Gasteiger partial charge in [-0.25, -0.2) is 0 Å². The van der Waals surface area contributed by atoms with Crippen molar-refractivity contribution in [2.75, 3.05) is 23.3 Å². The SMILES string of the molecule is Cc1cc(NC(=O)C2CCN(c3ccc(C(F)(F)F)cc3[N+](=O)[O-])CC2)n(C)n1. The Morgan fingerprint density at radius 1 is 1.28 bits per heavy atom. The van der Waals surface area contributed by atoms with Crippen LogP contribution < -0.4 is 10.2 Å². The molecule has 1 fully saturated rings. The number of nitro benzene ring substituents is 1. The highest BCUT2D eigenvalue weighted by atomic mass is 19.4. The van der Waals surface area contributed by atoms with Crippen LogP contribution in [0.25, 0.3) is 0 Å². The van der Waals surface area contributed by atoms with Crippen LogP contribution in [-0.4, -0.2) is 33.7 Å². The van der Waals surface area contributed by atoms with Gasteiger partial charge in [0, 0.05) is 38.2 Å². The molecule has 156 valence electrons. The first-order valence-electron chi connectivity index (χ1n) is 8.98. The van der Waals surface area contributed by atoms with Gasteiger partial charge in [0.25, 0.3) is 5.69 Å². The number of anilines is 2.